The van der Waals surface area contributed by atoms with Crippen molar-refractivity contribution in [3.63, 3.8) is 0 Å². The Balaban J connectivity index is 1.83. The molecule has 2 aliphatic rings. The highest BCUT2D eigenvalue weighted by atomic mass is 15.3. The number of benzene rings is 1. The first-order valence-corrected chi connectivity index (χ1v) is 8.57. The van der Waals surface area contributed by atoms with Gasteiger partial charge < -0.3 is 5.32 Å². The van der Waals surface area contributed by atoms with Crippen molar-refractivity contribution in [1.82, 2.24) is 10.2 Å². The Morgan fingerprint density at radius 3 is 2.38 bits per heavy atom. The van der Waals surface area contributed by atoms with Gasteiger partial charge in [-0.25, -0.2) is 0 Å². The number of rotatable bonds is 4. The van der Waals surface area contributed by atoms with E-state index >= 15 is 0 Å². The molecule has 1 aliphatic carbocycles. The van der Waals surface area contributed by atoms with Crippen LogP contribution in [-0.2, 0) is 0 Å². The lowest BCUT2D eigenvalue weighted by molar-refractivity contribution is 0.0230. The maximum atomic E-state index is 3.88. The Kier molecular flexibility index (Phi) is 4.11. The summed E-state index contributed by atoms with van der Waals surface area (Å²) in [6.07, 6.45) is 2.81. The monoisotopic (exact) mass is 286 g/mol. The van der Waals surface area contributed by atoms with Crippen LogP contribution in [0, 0.1) is 11.8 Å². The third kappa shape index (κ3) is 3.02. The topological polar surface area (TPSA) is 15.3 Å². The molecule has 0 amide bonds. The first-order chi connectivity index (χ1) is 10.0. The van der Waals surface area contributed by atoms with E-state index in [2.05, 4.69) is 68.2 Å². The third-order valence-electron chi connectivity index (χ3n) is 5.68. The van der Waals surface area contributed by atoms with Gasteiger partial charge in [0, 0.05) is 30.7 Å². The molecular formula is C19H30N2. The Labute approximate surface area is 129 Å². The molecule has 21 heavy (non-hydrogen) atoms. The fourth-order valence-corrected chi connectivity index (χ4v) is 3.97. The smallest absolute Gasteiger partial charge is 0.0324 e. The van der Waals surface area contributed by atoms with Gasteiger partial charge in [-0.05, 0) is 44.1 Å². The summed E-state index contributed by atoms with van der Waals surface area (Å²) in [5.74, 6) is 1.57. The van der Waals surface area contributed by atoms with E-state index in [0.29, 0.717) is 23.5 Å². The molecule has 0 aromatic heterocycles. The van der Waals surface area contributed by atoms with Crippen LogP contribution in [0.15, 0.2) is 30.3 Å². The van der Waals surface area contributed by atoms with E-state index in [1.165, 1.54) is 24.9 Å². The van der Waals surface area contributed by atoms with Crippen LogP contribution in [0.1, 0.15) is 52.1 Å². The van der Waals surface area contributed by atoms with Gasteiger partial charge in [0.15, 0.2) is 0 Å². The molecule has 0 spiro atoms. The summed E-state index contributed by atoms with van der Waals surface area (Å²) in [6.45, 7) is 11.8. The van der Waals surface area contributed by atoms with E-state index < -0.39 is 0 Å². The lowest BCUT2D eigenvalue weighted by atomic mass is 9.86. The quantitative estimate of drug-likeness (QED) is 0.904. The molecule has 1 aromatic rings. The molecule has 1 saturated carbocycles. The Morgan fingerprint density at radius 2 is 1.81 bits per heavy atom. The van der Waals surface area contributed by atoms with Crippen LogP contribution in [0.25, 0.3) is 0 Å². The number of nitrogens with one attached hydrogen (secondary N) is 1. The average molecular weight is 286 g/mol. The Bertz CT molecular complexity index is 466. The standard InChI is InChI=1S/C19H30N2/c1-14(2)18-12-20-19(4,17-10-11-17)13-21(18)15(3)16-8-6-5-7-9-16/h5-9,14-15,17-18,20H,10-13H2,1-4H3. The maximum Gasteiger partial charge on any atom is 0.0324 e. The molecule has 3 rings (SSSR count). The zero-order valence-corrected chi connectivity index (χ0v) is 14.0. The van der Waals surface area contributed by atoms with Crippen LogP contribution in [-0.4, -0.2) is 29.6 Å². The fraction of sp³-hybridized carbons (Fsp3) is 0.684. The molecule has 1 heterocycles. The molecule has 2 fully saturated rings. The number of hydrogen-bond acceptors (Lipinski definition) is 2. The van der Waals surface area contributed by atoms with E-state index in [0.717, 1.165) is 12.5 Å². The minimum Gasteiger partial charge on any atom is -0.308 e. The van der Waals surface area contributed by atoms with Crippen molar-refractivity contribution < 1.29 is 0 Å². The van der Waals surface area contributed by atoms with Gasteiger partial charge >= 0.3 is 0 Å². The minimum atomic E-state index is 0.314. The highest BCUT2D eigenvalue weighted by molar-refractivity contribution is 5.19. The SMILES string of the molecule is CC(C)C1CNC(C)(C2CC2)CN1C(C)c1ccccc1. The van der Waals surface area contributed by atoms with Crippen molar-refractivity contribution >= 4 is 0 Å². The van der Waals surface area contributed by atoms with Crippen LogP contribution in [0.5, 0.6) is 0 Å². The lowest BCUT2D eigenvalue weighted by Crippen LogP contribution is -2.65. The summed E-state index contributed by atoms with van der Waals surface area (Å²) in [4.78, 5) is 2.76. The minimum absolute atomic E-state index is 0.314. The van der Waals surface area contributed by atoms with Gasteiger partial charge in [-0.2, -0.15) is 0 Å². The number of piperazine rings is 1. The van der Waals surface area contributed by atoms with E-state index in [1.807, 2.05) is 0 Å². The van der Waals surface area contributed by atoms with Gasteiger partial charge in [0.2, 0.25) is 0 Å². The van der Waals surface area contributed by atoms with Crippen molar-refractivity contribution in [2.45, 2.75) is 58.2 Å². The first kappa shape index (κ1) is 15.1. The normalized spacial score (nSPS) is 32.3. The first-order valence-electron chi connectivity index (χ1n) is 8.57. The van der Waals surface area contributed by atoms with Gasteiger partial charge in [0.05, 0.1) is 0 Å². The van der Waals surface area contributed by atoms with Crippen LogP contribution >= 0.6 is 0 Å². The summed E-state index contributed by atoms with van der Waals surface area (Å²) >= 11 is 0. The third-order valence-corrected chi connectivity index (χ3v) is 5.68. The molecule has 3 unspecified atom stereocenters. The zero-order valence-electron chi connectivity index (χ0n) is 14.0. The van der Waals surface area contributed by atoms with Crippen LogP contribution in [0.3, 0.4) is 0 Å². The Morgan fingerprint density at radius 1 is 1.14 bits per heavy atom. The summed E-state index contributed by atoms with van der Waals surface area (Å²) in [7, 11) is 0. The van der Waals surface area contributed by atoms with Crippen LogP contribution in [0.2, 0.25) is 0 Å². The molecule has 116 valence electrons. The molecule has 0 bridgehead atoms. The van der Waals surface area contributed by atoms with Crippen molar-refractivity contribution in [2.75, 3.05) is 13.1 Å². The molecule has 1 aromatic carbocycles. The second-order valence-electron chi connectivity index (χ2n) is 7.64. The molecule has 3 atom stereocenters. The van der Waals surface area contributed by atoms with Crippen molar-refractivity contribution in [2.24, 2.45) is 11.8 Å². The van der Waals surface area contributed by atoms with Gasteiger partial charge in [0.25, 0.3) is 0 Å². The Hall–Kier alpha value is -0.860. The van der Waals surface area contributed by atoms with E-state index in [-0.39, 0.29) is 0 Å². The number of nitrogens with zero attached hydrogens (tertiary/aromatic N) is 1. The van der Waals surface area contributed by atoms with Gasteiger partial charge in [-0.15, -0.1) is 0 Å². The average Bonchev–Trinajstić information content (AvgIpc) is 3.32. The van der Waals surface area contributed by atoms with E-state index in [1.54, 1.807) is 0 Å². The molecule has 2 heteroatoms. The predicted octanol–water partition coefficient (Wildman–Crippen LogP) is 3.85. The highest BCUT2D eigenvalue weighted by Gasteiger charge is 2.47. The van der Waals surface area contributed by atoms with Crippen LogP contribution < -0.4 is 5.32 Å². The highest BCUT2D eigenvalue weighted by Crippen LogP contribution is 2.43. The molecular weight excluding hydrogens is 256 g/mol. The molecule has 1 saturated heterocycles. The van der Waals surface area contributed by atoms with Crippen molar-refractivity contribution in [1.29, 1.82) is 0 Å². The van der Waals surface area contributed by atoms with Gasteiger partial charge in [-0.3, -0.25) is 4.90 Å². The summed E-state index contributed by atoms with van der Waals surface area (Å²) in [6, 6.07) is 12.1. The molecule has 1 aliphatic heterocycles. The molecule has 0 radical (unpaired) electrons. The second kappa shape index (κ2) is 5.73. The van der Waals surface area contributed by atoms with Crippen molar-refractivity contribution in [3.05, 3.63) is 35.9 Å². The predicted molar refractivity (Wildman–Crippen MR) is 89.3 cm³/mol. The van der Waals surface area contributed by atoms with Gasteiger partial charge in [0.1, 0.15) is 0 Å². The van der Waals surface area contributed by atoms with Gasteiger partial charge in [-0.1, -0.05) is 44.2 Å². The summed E-state index contributed by atoms with van der Waals surface area (Å²) < 4.78 is 0. The van der Waals surface area contributed by atoms with Crippen molar-refractivity contribution in [3.8, 4) is 0 Å². The van der Waals surface area contributed by atoms with Crippen LogP contribution in [0.4, 0.5) is 0 Å². The zero-order chi connectivity index (χ0) is 15.0. The number of hydrogen-bond donors (Lipinski definition) is 1. The lowest BCUT2D eigenvalue weighted by Gasteiger charge is -2.50. The molecule has 2 nitrogen and oxygen atoms in total. The van der Waals surface area contributed by atoms with E-state index in [4.69, 9.17) is 0 Å². The summed E-state index contributed by atoms with van der Waals surface area (Å²) in [5.41, 5.74) is 1.76. The fourth-order valence-electron chi connectivity index (χ4n) is 3.97. The molecule has 1 N–H and O–H groups in total. The summed E-state index contributed by atoms with van der Waals surface area (Å²) in [5, 5.41) is 3.88. The van der Waals surface area contributed by atoms with E-state index in [9.17, 15) is 0 Å². The maximum absolute atomic E-state index is 3.88. The largest absolute Gasteiger partial charge is 0.308 e. The second-order valence-corrected chi connectivity index (χ2v) is 7.64.